The summed E-state index contributed by atoms with van der Waals surface area (Å²) in [7, 11) is 0. The van der Waals surface area contributed by atoms with Crippen molar-refractivity contribution in [3.63, 3.8) is 0 Å². The maximum atomic E-state index is 10.8. The Kier molecular flexibility index (Phi) is 4.78. The molecule has 0 unspecified atom stereocenters. The molecular formula is C12H17ClN2O2. The van der Waals surface area contributed by atoms with Crippen molar-refractivity contribution in [2.24, 2.45) is 5.73 Å². The highest BCUT2D eigenvalue weighted by Gasteiger charge is 2.15. The minimum Gasteiger partial charge on any atom is -0.480 e. The number of nitrogens with two attached hydrogens (primary N) is 1. The van der Waals surface area contributed by atoms with Crippen molar-refractivity contribution in [3.05, 3.63) is 28.3 Å². The SMILES string of the molecule is Cc1cc(C)c(N(CCN)CC(=O)O)c(Cl)c1. The number of hydrogen-bond donors (Lipinski definition) is 2. The van der Waals surface area contributed by atoms with Crippen molar-refractivity contribution in [3.8, 4) is 0 Å². The van der Waals surface area contributed by atoms with Crippen molar-refractivity contribution in [2.75, 3.05) is 24.5 Å². The Hall–Kier alpha value is -1.26. The van der Waals surface area contributed by atoms with Crippen molar-refractivity contribution in [1.82, 2.24) is 0 Å². The number of hydrogen-bond acceptors (Lipinski definition) is 3. The van der Waals surface area contributed by atoms with Gasteiger partial charge in [-0.1, -0.05) is 17.7 Å². The van der Waals surface area contributed by atoms with Crippen LogP contribution in [0.4, 0.5) is 5.69 Å². The molecule has 0 aliphatic rings. The molecule has 0 heterocycles. The van der Waals surface area contributed by atoms with Gasteiger partial charge in [-0.2, -0.15) is 0 Å². The predicted molar refractivity (Wildman–Crippen MR) is 69.8 cm³/mol. The number of aliphatic carboxylic acids is 1. The summed E-state index contributed by atoms with van der Waals surface area (Å²) in [5, 5.41) is 9.45. The van der Waals surface area contributed by atoms with Gasteiger partial charge in [0.1, 0.15) is 6.54 Å². The smallest absolute Gasteiger partial charge is 0.323 e. The average Bonchev–Trinajstić information content (AvgIpc) is 2.14. The highest BCUT2D eigenvalue weighted by atomic mass is 35.5. The molecule has 0 spiro atoms. The van der Waals surface area contributed by atoms with Crippen LogP contribution in [0.3, 0.4) is 0 Å². The molecule has 17 heavy (non-hydrogen) atoms. The Morgan fingerprint density at radius 2 is 2.12 bits per heavy atom. The third-order valence-electron chi connectivity index (χ3n) is 2.44. The zero-order valence-corrected chi connectivity index (χ0v) is 10.8. The van der Waals surface area contributed by atoms with Gasteiger partial charge < -0.3 is 15.7 Å². The van der Waals surface area contributed by atoms with Gasteiger partial charge in [-0.3, -0.25) is 4.79 Å². The molecule has 4 nitrogen and oxygen atoms in total. The van der Waals surface area contributed by atoms with Crippen molar-refractivity contribution < 1.29 is 9.90 Å². The van der Waals surface area contributed by atoms with Gasteiger partial charge in [0.15, 0.2) is 0 Å². The van der Waals surface area contributed by atoms with E-state index in [1.54, 1.807) is 4.90 Å². The number of rotatable bonds is 5. The van der Waals surface area contributed by atoms with Crippen LogP contribution in [0.5, 0.6) is 0 Å². The topological polar surface area (TPSA) is 66.6 Å². The molecule has 0 amide bonds. The monoisotopic (exact) mass is 256 g/mol. The second kappa shape index (κ2) is 5.89. The lowest BCUT2D eigenvalue weighted by molar-refractivity contribution is -0.135. The molecule has 0 aliphatic carbocycles. The molecule has 0 radical (unpaired) electrons. The van der Waals surface area contributed by atoms with Crippen LogP contribution in [-0.4, -0.2) is 30.7 Å². The van der Waals surface area contributed by atoms with Crippen LogP contribution in [0.1, 0.15) is 11.1 Å². The first-order chi connectivity index (χ1) is 7.95. The number of nitrogens with zero attached hydrogens (tertiary/aromatic N) is 1. The minimum absolute atomic E-state index is 0.0964. The maximum Gasteiger partial charge on any atom is 0.323 e. The number of carboxylic acid groups (broad SMARTS) is 1. The largest absolute Gasteiger partial charge is 0.480 e. The Morgan fingerprint density at radius 1 is 1.47 bits per heavy atom. The number of carboxylic acids is 1. The lowest BCUT2D eigenvalue weighted by Gasteiger charge is -2.25. The summed E-state index contributed by atoms with van der Waals surface area (Å²) in [6.07, 6.45) is 0. The molecule has 0 aromatic heterocycles. The van der Waals surface area contributed by atoms with Crippen LogP contribution in [0.2, 0.25) is 5.02 Å². The summed E-state index contributed by atoms with van der Waals surface area (Å²) in [6, 6.07) is 3.81. The Labute approximate surface area is 106 Å². The number of benzene rings is 1. The van der Waals surface area contributed by atoms with Crippen LogP contribution < -0.4 is 10.6 Å². The standard InChI is InChI=1S/C12H17ClN2O2/c1-8-5-9(2)12(10(13)6-8)15(4-3-14)7-11(16)17/h5-6H,3-4,7,14H2,1-2H3,(H,16,17). The molecule has 0 bridgehead atoms. The van der Waals surface area contributed by atoms with E-state index in [4.69, 9.17) is 22.4 Å². The van der Waals surface area contributed by atoms with Crippen LogP contribution in [0, 0.1) is 13.8 Å². The van der Waals surface area contributed by atoms with Gasteiger partial charge in [0, 0.05) is 13.1 Å². The van der Waals surface area contributed by atoms with Crippen molar-refractivity contribution >= 4 is 23.3 Å². The predicted octanol–water partition coefficient (Wildman–Crippen LogP) is 1.81. The molecule has 0 fully saturated rings. The molecule has 5 heteroatoms. The van der Waals surface area contributed by atoms with E-state index < -0.39 is 5.97 Å². The fraction of sp³-hybridized carbons (Fsp3) is 0.417. The first kappa shape index (κ1) is 13.8. The summed E-state index contributed by atoms with van der Waals surface area (Å²) in [4.78, 5) is 12.5. The molecule has 3 N–H and O–H groups in total. The molecule has 0 aliphatic heterocycles. The van der Waals surface area contributed by atoms with Gasteiger partial charge in [-0.05, 0) is 31.0 Å². The summed E-state index contributed by atoms with van der Waals surface area (Å²) in [5.74, 6) is -0.894. The second-order valence-corrected chi connectivity index (χ2v) is 4.42. The number of aryl methyl sites for hydroxylation is 2. The Balaban J connectivity index is 3.13. The molecule has 1 aromatic carbocycles. The van der Waals surface area contributed by atoms with E-state index in [0.29, 0.717) is 18.1 Å². The first-order valence-corrected chi connectivity index (χ1v) is 5.77. The van der Waals surface area contributed by atoms with Crippen molar-refractivity contribution in [1.29, 1.82) is 0 Å². The number of anilines is 1. The maximum absolute atomic E-state index is 10.8. The zero-order valence-electron chi connectivity index (χ0n) is 10.0. The lowest BCUT2D eigenvalue weighted by Crippen LogP contribution is -2.34. The highest BCUT2D eigenvalue weighted by Crippen LogP contribution is 2.30. The molecule has 0 saturated carbocycles. The van der Waals surface area contributed by atoms with Crippen LogP contribution in [-0.2, 0) is 4.79 Å². The Morgan fingerprint density at radius 3 is 2.59 bits per heavy atom. The first-order valence-electron chi connectivity index (χ1n) is 5.39. The Bertz CT molecular complexity index is 398. The third kappa shape index (κ3) is 3.61. The third-order valence-corrected chi connectivity index (χ3v) is 2.73. The van der Waals surface area contributed by atoms with Gasteiger partial charge in [0.2, 0.25) is 0 Å². The van der Waals surface area contributed by atoms with Gasteiger partial charge in [0.25, 0.3) is 0 Å². The van der Waals surface area contributed by atoms with E-state index in [-0.39, 0.29) is 6.54 Å². The van der Waals surface area contributed by atoms with E-state index in [0.717, 1.165) is 16.8 Å². The van der Waals surface area contributed by atoms with Crippen LogP contribution in [0.15, 0.2) is 12.1 Å². The van der Waals surface area contributed by atoms with Gasteiger partial charge in [-0.15, -0.1) is 0 Å². The fourth-order valence-electron chi connectivity index (χ4n) is 1.90. The molecule has 1 rings (SSSR count). The minimum atomic E-state index is -0.894. The van der Waals surface area contributed by atoms with E-state index in [2.05, 4.69) is 0 Å². The van der Waals surface area contributed by atoms with Gasteiger partial charge >= 0.3 is 5.97 Å². The summed E-state index contributed by atoms with van der Waals surface area (Å²) >= 11 is 6.17. The van der Waals surface area contributed by atoms with E-state index in [1.807, 2.05) is 26.0 Å². The van der Waals surface area contributed by atoms with Crippen LogP contribution >= 0.6 is 11.6 Å². The number of halogens is 1. The van der Waals surface area contributed by atoms with Gasteiger partial charge in [-0.25, -0.2) is 0 Å². The molecule has 1 aromatic rings. The normalized spacial score (nSPS) is 10.4. The average molecular weight is 257 g/mol. The van der Waals surface area contributed by atoms with Gasteiger partial charge in [0.05, 0.1) is 10.7 Å². The summed E-state index contributed by atoms with van der Waals surface area (Å²) in [6.45, 7) is 4.63. The molecule has 0 saturated heterocycles. The lowest BCUT2D eigenvalue weighted by atomic mass is 10.1. The molecule has 94 valence electrons. The molecule has 0 atom stereocenters. The number of carbonyl (C=O) groups is 1. The fourth-order valence-corrected chi connectivity index (χ4v) is 2.34. The quantitative estimate of drug-likeness (QED) is 0.843. The molecular weight excluding hydrogens is 240 g/mol. The highest BCUT2D eigenvalue weighted by molar-refractivity contribution is 6.33. The van der Waals surface area contributed by atoms with E-state index in [1.165, 1.54) is 0 Å². The van der Waals surface area contributed by atoms with E-state index in [9.17, 15) is 4.79 Å². The summed E-state index contributed by atoms with van der Waals surface area (Å²) < 4.78 is 0. The van der Waals surface area contributed by atoms with Crippen LogP contribution in [0.25, 0.3) is 0 Å². The second-order valence-electron chi connectivity index (χ2n) is 4.02. The van der Waals surface area contributed by atoms with E-state index >= 15 is 0 Å². The van der Waals surface area contributed by atoms with Crippen molar-refractivity contribution in [2.45, 2.75) is 13.8 Å². The zero-order chi connectivity index (χ0) is 13.0. The summed E-state index contributed by atoms with van der Waals surface area (Å²) in [5.41, 5.74) is 8.27.